The molecule has 0 radical (unpaired) electrons. The second-order valence-corrected chi connectivity index (χ2v) is 8.35. The van der Waals surface area contributed by atoms with Crippen molar-refractivity contribution in [1.82, 2.24) is 0 Å². The predicted octanol–water partition coefficient (Wildman–Crippen LogP) is 5.71. The minimum atomic E-state index is -0.970. The lowest BCUT2D eigenvalue weighted by Gasteiger charge is -2.46. The van der Waals surface area contributed by atoms with Gasteiger partial charge in [0.15, 0.2) is 0 Å². The van der Waals surface area contributed by atoms with Crippen LogP contribution in [0.2, 0.25) is 5.02 Å². The molecule has 7 heteroatoms. The fraction of sp³-hybridized carbons (Fsp3) is 0.269. The lowest BCUT2D eigenvalue weighted by Crippen LogP contribution is -2.51. The second kappa shape index (κ2) is 9.32. The maximum atomic E-state index is 14.6. The average molecular weight is 470 g/mol. The Hall–Kier alpha value is -3.25. The largest absolute Gasteiger partial charge is 0.497 e. The van der Waals surface area contributed by atoms with E-state index < -0.39 is 29.7 Å². The van der Waals surface area contributed by atoms with Crippen LogP contribution in [0.15, 0.2) is 60.7 Å². The zero-order valence-corrected chi connectivity index (χ0v) is 19.3. The molecule has 0 aromatic heterocycles. The van der Waals surface area contributed by atoms with Crippen molar-refractivity contribution in [3.63, 3.8) is 0 Å². The normalized spacial score (nSPS) is 19.7. The summed E-state index contributed by atoms with van der Waals surface area (Å²) in [5.41, 5.74) is 2.87. The Labute approximate surface area is 197 Å². The van der Waals surface area contributed by atoms with Crippen LogP contribution in [0.1, 0.15) is 35.4 Å². The van der Waals surface area contributed by atoms with Gasteiger partial charge in [-0.3, -0.25) is 0 Å². The van der Waals surface area contributed by atoms with Crippen LogP contribution in [0.5, 0.6) is 11.5 Å². The van der Waals surface area contributed by atoms with E-state index in [1.165, 1.54) is 12.1 Å². The van der Waals surface area contributed by atoms with Crippen molar-refractivity contribution in [3.8, 4) is 11.5 Å². The average Bonchev–Trinajstić information content (AvgIpc) is 2.82. The molecule has 33 heavy (non-hydrogen) atoms. The molecule has 4 rings (SSSR count). The van der Waals surface area contributed by atoms with Gasteiger partial charge < -0.3 is 19.5 Å². The molecule has 0 saturated carbocycles. The SMILES string of the molecule is CCN1c2c(Cl)cc(F)cc2C(c2ccc(OC)cc2)C(c2ccc(OC)cc2)C1C(=O)O. The number of benzene rings is 3. The molecule has 0 saturated heterocycles. The van der Waals surface area contributed by atoms with Crippen molar-refractivity contribution in [2.24, 2.45) is 0 Å². The molecule has 0 fully saturated rings. The predicted molar refractivity (Wildman–Crippen MR) is 126 cm³/mol. The summed E-state index contributed by atoms with van der Waals surface area (Å²) >= 11 is 6.51. The summed E-state index contributed by atoms with van der Waals surface area (Å²) in [4.78, 5) is 14.5. The number of hydrogen-bond acceptors (Lipinski definition) is 4. The van der Waals surface area contributed by atoms with Crippen LogP contribution >= 0.6 is 11.6 Å². The molecule has 1 heterocycles. The maximum Gasteiger partial charge on any atom is 0.327 e. The highest BCUT2D eigenvalue weighted by atomic mass is 35.5. The number of nitrogens with zero attached hydrogens (tertiary/aromatic N) is 1. The highest BCUT2D eigenvalue weighted by Crippen LogP contribution is 2.52. The van der Waals surface area contributed by atoms with Crippen molar-refractivity contribution >= 4 is 23.3 Å². The number of anilines is 1. The molecule has 1 N–H and O–H groups in total. The van der Waals surface area contributed by atoms with Gasteiger partial charge in [0.1, 0.15) is 23.4 Å². The van der Waals surface area contributed by atoms with Crippen LogP contribution in [0.3, 0.4) is 0 Å². The number of likely N-dealkylation sites (N-methyl/N-ethyl adjacent to an activating group) is 1. The van der Waals surface area contributed by atoms with Crippen molar-refractivity contribution in [3.05, 3.63) is 88.2 Å². The second-order valence-electron chi connectivity index (χ2n) is 7.94. The number of carboxylic acid groups (broad SMARTS) is 1. The Kier molecular flexibility index (Phi) is 6.47. The van der Waals surface area contributed by atoms with E-state index in [2.05, 4.69) is 0 Å². The summed E-state index contributed by atoms with van der Waals surface area (Å²) in [6.45, 7) is 2.27. The standard InChI is InChI=1S/C26H25ClFNO4/c1-4-29-24-20(13-17(28)14-21(24)27)22(15-5-9-18(32-2)10-6-15)23(25(29)26(30)31)16-7-11-19(33-3)12-8-16/h5-14,22-23,25H,4H2,1-3H3,(H,30,31). The first-order chi connectivity index (χ1) is 15.9. The van der Waals surface area contributed by atoms with E-state index in [0.29, 0.717) is 29.3 Å². The molecule has 0 spiro atoms. The van der Waals surface area contributed by atoms with Crippen molar-refractivity contribution in [2.75, 3.05) is 25.7 Å². The Morgan fingerprint density at radius 2 is 1.55 bits per heavy atom. The molecule has 3 aromatic carbocycles. The van der Waals surface area contributed by atoms with E-state index >= 15 is 0 Å². The van der Waals surface area contributed by atoms with Gasteiger partial charge in [0.2, 0.25) is 0 Å². The lowest BCUT2D eigenvalue weighted by molar-refractivity contribution is -0.139. The number of ether oxygens (including phenoxy) is 2. The first-order valence-electron chi connectivity index (χ1n) is 10.7. The molecule has 0 aliphatic carbocycles. The molecule has 3 aromatic rings. The van der Waals surface area contributed by atoms with E-state index in [-0.39, 0.29) is 5.02 Å². The van der Waals surface area contributed by atoms with Gasteiger partial charge in [-0.15, -0.1) is 0 Å². The van der Waals surface area contributed by atoms with Gasteiger partial charge in [-0.2, -0.15) is 0 Å². The highest BCUT2D eigenvalue weighted by Gasteiger charge is 2.47. The first kappa shape index (κ1) is 22.9. The number of carbonyl (C=O) groups is 1. The van der Waals surface area contributed by atoms with Crippen LogP contribution in [-0.2, 0) is 4.79 Å². The summed E-state index contributed by atoms with van der Waals surface area (Å²) in [6, 6.07) is 16.6. The topological polar surface area (TPSA) is 59.0 Å². The van der Waals surface area contributed by atoms with Gasteiger partial charge in [0, 0.05) is 18.4 Å². The van der Waals surface area contributed by atoms with Gasteiger partial charge in [0.25, 0.3) is 0 Å². The summed E-state index contributed by atoms with van der Waals surface area (Å²) in [5, 5.41) is 10.6. The van der Waals surface area contributed by atoms with E-state index in [4.69, 9.17) is 21.1 Å². The van der Waals surface area contributed by atoms with Gasteiger partial charge in [-0.1, -0.05) is 35.9 Å². The monoisotopic (exact) mass is 469 g/mol. The number of rotatable bonds is 6. The van der Waals surface area contributed by atoms with E-state index in [1.807, 2.05) is 55.5 Å². The van der Waals surface area contributed by atoms with Crippen molar-refractivity contribution in [1.29, 1.82) is 0 Å². The van der Waals surface area contributed by atoms with Crippen molar-refractivity contribution < 1.29 is 23.8 Å². The fourth-order valence-corrected chi connectivity index (χ4v) is 5.20. The van der Waals surface area contributed by atoms with Crippen LogP contribution in [0, 0.1) is 5.82 Å². The van der Waals surface area contributed by atoms with Gasteiger partial charge in [-0.25, -0.2) is 9.18 Å². The smallest absolute Gasteiger partial charge is 0.327 e. The Bertz CT molecular complexity index is 1150. The number of aliphatic carboxylic acids is 1. The molecular weight excluding hydrogens is 445 g/mol. The third kappa shape index (κ3) is 4.11. The summed E-state index contributed by atoms with van der Waals surface area (Å²) in [7, 11) is 3.16. The van der Waals surface area contributed by atoms with Crippen LogP contribution in [0.25, 0.3) is 0 Å². The Morgan fingerprint density at radius 1 is 1.00 bits per heavy atom. The number of fused-ring (bicyclic) bond motifs is 1. The zero-order chi connectivity index (χ0) is 23.7. The molecule has 1 aliphatic heterocycles. The molecule has 0 amide bonds. The molecule has 5 nitrogen and oxygen atoms in total. The number of hydrogen-bond donors (Lipinski definition) is 1. The molecular formula is C26H25ClFNO4. The number of methoxy groups -OCH3 is 2. The van der Waals surface area contributed by atoms with Gasteiger partial charge in [0.05, 0.1) is 24.9 Å². The quantitative estimate of drug-likeness (QED) is 0.501. The highest BCUT2D eigenvalue weighted by molar-refractivity contribution is 6.33. The van der Waals surface area contributed by atoms with Gasteiger partial charge >= 0.3 is 5.97 Å². The third-order valence-electron chi connectivity index (χ3n) is 6.28. The summed E-state index contributed by atoms with van der Waals surface area (Å²) < 4.78 is 25.2. The lowest BCUT2D eigenvalue weighted by atomic mass is 9.69. The van der Waals surface area contributed by atoms with Crippen LogP contribution in [0.4, 0.5) is 10.1 Å². The molecule has 3 unspecified atom stereocenters. The van der Waals surface area contributed by atoms with Crippen molar-refractivity contribution in [2.45, 2.75) is 24.8 Å². The Balaban J connectivity index is 2.02. The van der Waals surface area contributed by atoms with E-state index in [0.717, 1.165) is 11.1 Å². The molecule has 0 bridgehead atoms. The first-order valence-corrected chi connectivity index (χ1v) is 11.0. The fourth-order valence-electron chi connectivity index (χ4n) is 4.88. The maximum absolute atomic E-state index is 14.6. The summed E-state index contributed by atoms with van der Waals surface area (Å²) in [6.07, 6.45) is 0. The zero-order valence-electron chi connectivity index (χ0n) is 18.6. The van der Waals surface area contributed by atoms with E-state index in [9.17, 15) is 14.3 Å². The summed E-state index contributed by atoms with van der Waals surface area (Å²) in [5.74, 6) is -1.04. The van der Waals surface area contributed by atoms with Crippen LogP contribution in [-0.4, -0.2) is 37.9 Å². The third-order valence-corrected chi connectivity index (χ3v) is 6.57. The van der Waals surface area contributed by atoms with E-state index in [1.54, 1.807) is 19.1 Å². The molecule has 3 atom stereocenters. The van der Waals surface area contributed by atoms with Crippen LogP contribution < -0.4 is 14.4 Å². The minimum Gasteiger partial charge on any atom is -0.497 e. The molecule has 1 aliphatic rings. The Morgan fingerprint density at radius 3 is 2.03 bits per heavy atom. The van der Waals surface area contributed by atoms with Gasteiger partial charge in [-0.05, 0) is 60.0 Å². The number of halogens is 2. The molecule has 172 valence electrons. The minimum absolute atomic E-state index is 0.199. The number of carboxylic acids is 1.